The second kappa shape index (κ2) is 12.6. The van der Waals surface area contributed by atoms with E-state index >= 15 is 0 Å². The molecular formula is C25H24Cl2N8O5. The number of rotatable bonds is 8. The van der Waals surface area contributed by atoms with Crippen LogP contribution in [0.5, 0.6) is 0 Å². The Morgan fingerprint density at radius 2 is 2.08 bits per heavy atom. The lowest BCUT2D eigenvalue weighted by Gasteiger charge is -2.30. The van der Waals surface area contributed by atoms with Crippen LogP contribution in [-0.2, 0) is 17.8 Å². The summed E-state index contributed by atoms with van der Waals surface area (Å²) in [6, 6.07) is 5.36. The first-order chi connectivity index (χ1) is 19.2. The number of aromatic nitrogens is 2. The number of carboxylic acids is 1. The second-order valence-corrected chi connectivity index (χ2v) is 9.56. The zero-order valence-electron chi connectivity index (χ0n) is 20.9. The van der Waals surface area contributed by atoms with Gasteiger partial charge in [0, 0.05) is 30.6 Å². The third kappa shape index (κ3) is 6.26. The van der Waals surface area contributed by atoms with E-state index in [1.165, 1.54) is 0 Å². The van der Waals surface area contributed by atoms with Crippen LogP contribution in [0, 0.1) is 11.5 Å². The number of nitrogens with one attached hydrogen (secondary N) is 4. The first-order valence-corrected chi connectivity index (χ1v) is 12.8. The number of carbonyl (C=O) groups excluding carboxylic acids is 2. The molecule has 6 N–H and O–H groups in total. The highest BCUT2D eigenvalue weighted by atomic mass is 35.5. The summed E-state index contributed by atoms with van der Waals surface area (Å²) in [5, 5.41) is 42.3. The van der Waals surface area contributed by atoms with Gasteiger partial charge in [-0.1, -0.05) is 29.3 Å². The number of aromatic amines is 1. The van der Waals surface area contributed by atoms with Crippen molar-refractivity contribution >= 4 is 57.8 Å². The molecule has 0 aliphatic carbocycles. The van der Waals surface area contributed by atoms with Crippen LogP contribution < -0.4 is 16.0 Å². The molecule has 1 aliphatic heterocycles. The molecule has 0 bridgehead atoms. The minimum Gasteiger partial charge on any atom is -0.480 e. The van der Waals surface area contributed by atoms with Crippen LogP contribution in [0.25, 0.3) is 10.9 Å². The molecule has 208 valence electrons. The van der Waals surface area contributed by atoms with Gasteiger partial charge in [0.15, 0.2) is 6.19 Å². The van der Waals surface area contributed by atoms with Gasteiger partial charge in [-0.2, -0.15) is 10.4 Å². The SMILES string of the molecule is N#CNC(=NC[C@H](NC(=O)c1c(Cl)cc2c(c1Cl)CCN(C(=O)c1ccc3cn[nH]c3c1)C2)C(=O)O)NCCO. The van der Waals surface area contributed by atoms with Crippen molar-refractivity contribution < 1.29 is 24.6 Å². The molecule has 13 nitrogen and oxygen atoms in total. The number of aliphatic carboxylic acids is 1. The zero-order chi connectivity index (χ0) is 28.8. The number of H-pyrrole nitrogens is 1. The molecule has 1 atom stereocenters. The van der Waals surface area contributed by atoms with Crippen LogP contribution in [0.1, 0.15) is 31.8 Å². The number of carboxylic acid groups (broad SMARTS) is 1. The van der Waals surface area contributed by atoms with Gasteiger partial charge < -0.3 is 25.7 Å². The van der Waals surface area contributed by atoms with Crippen LogP contribution in [0.3, 0.4) is 0 Å². The number of guanidine groups is 1. The summed E-state index contributed by atoms with van der Waals surface area (Å²) in [4.78, 5) is 43.7. The maximum absolute atomic E-state index is 13.2. The molecule has 2 amide bonds. The van der Waals surface area contributed by atoms with Crippen molar-refractivity contribution in [3.05, 3.63) is 62.8 Å². The maximum Gasteiger partial charge on any atom is 0.328 e. The average molecular weight is 587 g/mol. The molecule has 0 saturated heterocycles. The van der Waals surface area contributed by atoms with Crippen LogP contribution in [0.2, 0.25) is 10.0 Å². The monoisotopic (exact) mass is 586 g/mol. The van der Waals surface area contributed by atoms with E-state index < -0.39 is 24.5 Å². The van der Waals surface area contributed by atoms with Crippen molar-refractivity contribution in [3.63, 3.8) is 0 Å². The molecule has 0 saturated carbocycles. The Morgan fingerprint density at radius 3 is 2.80 bits per heavy atom. The number of fused-ring (bicyclic) bond motifs is 2. The number of hydrogen-bond donors (Lipinski definition) is 6. The number of amides is 2. The van der Waals surface area contributed by atoms with Gasteiger partial charge in [-0.3, -0.25) is 20.0 Å². The summed E-state index contributed by atoms with van der Waals surface area (Å²) >= 11 is 13.0. The van der Waals surface area contributed by atoms with Gasteiger partial charge in [0.1, 0.15) is 6.04 Å². The number of nitriles is 1. The third-order valence-electron chi connectivity index (χ3n) is 6.22. The largest absolute Gasteiger partial charge is 0.480 e. The summed E-state index contributed by atoms with van der Waals surface area (Å²) in [5.41, 5.74) is 2.47. The molecule has 1 aliphatic rings. The van der Waals surface area contributed by atoms with Gasteiger partial charge >= 0.3 is 5.97 Å². The van der Waals surface area contributed by atoms with Crippen LogP contribution in [0.15, 0.2) is 35.5 Å². The number of aliphatic imine (C=N–C) groups is 1. The summed E-state index contributed by atoms with van der Waals surface area (Å²) in [5.74, 6) is -2.43. The Morgan fingerprint density at radius 1 is 1.27 bits per heavy atom. The molecule has 15 heteroatoms. The molecule has 4 rings (SSSR count). The zero-order valence-corrected chi connectivity index (χ0v) is 22.4. The van der Waals surface area contributed by atoms with Crippen molar-refractivity contribution in [3.8, 4) is 6.19 Å². The number of carbonyl (C=O) groups is 3. The fraction of sp³-hybridized carbons (Fsp3) is 0.280. The summed E-state index contributed by atoms with van der Waals surface area (Å²) < 4.78 is 0. The first-order valence-electron chi connectivity index (χ1n) is 12.0. The van der Waals surface area contributed by atoms with Crippen molar-refractivity contribution in [1.82, 2.24) is 31.0 Å². The maximum atomic E-state index is 13.2. The molecule has 40 heavy (non-hydrogen) atoms. The smallest absolute Gasteiger partial charge is 0.328 e. The summed E-state index contributed by atoms with van der Waals surface area (Å²) in [6.45, 7) is -0.0330. The highest BCUT2D eigenvalue weighted by Crippen LogP contribution is 2.35. The molecular weight excluding hydrogens is 563 g/mol. The van der Waals surface area contributed by atoms with E-state index in [4.69, 9.17) is 33.6 Å². The Kier molecular flexibility index (Phi) is 9.05. The lowest BCUT2D eigenvalue weighted by Crippen LogP contribution is -2.45. The van der Waals surface area contributed by atoms with Gasteiger partial charge in [-0.25, -0.2) is 9.79 Å². The van der Waals surface area contributed by atoms with Crippen molar-refractivity contribution in [2.75, 3.05) is 26.2 Å². The van der Waals surface area contributed by atoms with E-state index in [1.807, 2.05) is 6.07 Å². The van der Waals surface area contributed by atoms with E-state index in [0.29, 0.717) is 29.7 Å². The van der Waals surface area contributed by atoms with Crippen molar-refractivity contribution in [2.24, 2.45) is 4.99 Å². The Hall–Kier alpha value is -4.38. The Labute approximate surface area is 237 Å². The Balaban J connectivity index is 1.50. The van der Waals surface area contributed by atoms with Gasteiger partial charge in [-0.15, -0.1) is 0 Å². The van der Waals surface area contributed by atoms with Crippen molar-refractivity contribution in [2.45, 2.75) is 19.0 Å². The van der Waals surface area contributed by atoms with Gasteiger partial charge in [-0.05, 0) is 35.7 Å². The first kappa shape index (κ1) is 28.6. The number of benzene rings is 2. The molecule has 0 fully saturated rings. The van der Waals surface area contributed by atoms with E-state index in [1.54, 1.807) is 35.5 Å². The molecule has 2 heterocycles. The molecule has 2 aromatic carbocycles. The van der Waals surface area contributed by atoms with Crippen molar-refractivity contribution in [1.29, 1.82) is 5.26 Å². The number of nitrogens with zero attached hydrogens (tertiary/aromatic N) is 4. The predicted octanol–water partition coefficient (Wildman–Crippen LogP) is 1.26. The topological polar surface area (TPSA) is 196 Å². The molecule has 3 aromatic rings. The molecule has 0 radical (unpaired) electrons. The predicted molar refractivity (Wildman–Crippen MR) is 146 cm³/mol. The minimum absolute atomic E-state index is 0.00137. The molecule has 1 aromatic heterocycles. The van der Waals surface area contributed by atoms with Crippen LogP contribution in [-0.4, -0.2) is 81.3 Å². The second-order valence-electron chi connectivity index (χ2n) is 8.77. The van der Waals surface area contributed by atoms with E-state index in [-0.39, 0.29) is 47.2 Å². The third-order valence-corrected chi connectivity index (χ3v) is 6.94. The number of halogens is 2. The fourth-order valence-corrected chi connectivity index (χ4v) is 5.02. The number of aliphatic hydroxyl groups excluding tert-OH is 1. The fourth-order valence-electron chi connectivity index (χ4n) is 4.25. The Bertz CT molecular complexity index is 1530. The standard InChI is InChI=1S/C25H24Cl2N8O5/c26-17-7-15-11-35(23(38)13-1-2-14-9-32-34-18(14)8-13)5-3-16(15)21(27)20(17)22(37)33-19(24(39)40)10-30-25(31-12-28)29-4-6-36/h1-2,7-9,19,36H,3-6,10-11H2,(H,32,34)(H,33,37)(H,39,40)(H2,29,30,31)/t19-/m0/s1. The van der Waals surface area contributed by atoms with Gasteiger partial charge in [0.2, 0.25) is 5.96 Å². The quantitative estimate of drug-likeness (QED) is 0.0973. The van der Waals surface area contributed by atoms with Crippen LogP contribution >= 0.6 is 23.2 Å². The molecule has 0 spiro atoms. The lowest BCUT2D eigenvalue weighted by molar-refractivity contribution is -0.138. The normalized spacial score (nSPS) is 13.8. The van der Waals surface area contributed by atoms with Gasteiger partial charge in [0.25, 0.3) is 11.8 Å². The number of hydrogen-bond acceptors (Lipinski definition) is 7. The number of aliphatic hydroxyl groups is 1. The van der Waals surface area contributed by atoms with E-state index in [9.17, 15) is 19.5 Å². The summed E-state index contributed by atoms with van der Waals surface area (Å²) in [6.07, 6.45) is 3.67. The highest BCUT2D eigenvalue weighted by molar-refractivity contribution is 6.40. The summed E-state index contributed by atoms with van der Waals surface area (Å²) in [7, 11) is 0. The molecule has 0 unspecified atom stereocenters. The van der Waals surface area contributed by atoms with E-state index in [2.05, 4.69) is 31.1 Å². The minimum atomic E-state index is -1.47. The average Bonchev–Trinajstić information content (AvgIpc) is 3.41. The van der Waals surface area contributed by atoms with E-state index in [0.717, 1.165) is 10.9 Å². The van der Waals surface area contributed by atoms with Crippen LogP contribution in [0.4, 0.5) is 0 Å². The highest BCUT2D eigenvalue weighted by Gasteiger charge is 2.29. The van der Waals surface area contributed by atoms with Gasteiger partial charge in [0.05, 0.1) is 40.5 Å². The lowest BCUT2D eigenvalue weighted by atomic mass is 9.96.